The van der Waals surface area contributed by atoms with Crippen LogP contribution in [0.5, 0.6) is 0 Å². The summed E-state index contributed by atoms with van der Waals surface area (Å²) in [5.41, 5.74) is 7.96. The van der Waals surface area contributed by atoms with Crippen molar-refractivity contribution in [3.8, 4) is 0 Å². The van der Waals surface area contributed by atoms with Crippen molar-refractivity contribution in [3.05, 3.63) is 29.3 Å². The summed E-state index contributed by atoms with van der Waals surface area (Å²) in [7, 11) is 0. The van der Waals surface area contributed by atoms with Gasteiger partial charge in [-0.3, -0.25) is 0 Å². The van der Waals surface area contributed by atoms with Crippen LogP contribution in [-0.2, 0) is 4.74 Å². The van der Waals surface area contributed by atoms with Crippen molar-refractivity contribution in [2.24, 2.45) is 5.92 Å². The van der Waals surface area contributed by atoms with Crippen LogP contribution in [0.1, 0.15) is 48.5 Å². The number of aryl methyl sites for hydroxylation is 1. The van der Waals surface area contributed by atoms with Gasteiger partial charge in [0.15, 0.2) is 0 Å². The van der Waals surface area contributed by atoms with Gasteiger partial charge in [-0.1, -0.05) is 6.92 Å². The molecule has 2 rings (SSSR count). The van der Waals surface area contributed by atoms with Crippen molar-refractivity contribution < 1.29 is 9.53 Å². The molecule has 0 radical (unpaired) electrons. The summed E-state index contributed by atoms with van der Waals surface area (Å²) in [5.74, 6) is 0.538. The lowest BCUT2D eigenvalue weighted by atomic mass is 9.89. The summed E-state index contributed by atoms with van der Waals surface area (Å²) >= 11 is 0. The molecule has 1 saturated carbocycles. The molecule has 1 fully saturated rings. The molecule has 1 aliphatic carbocycles. The Kier molecular flexibility index (Phi) is 3.90. The third-order valence-corrected chi connectivity index (χ3v) is 3.74. The molecule has 3 heteroatoms. The molecule has 0 aromatic heterocycles. The Morgan fingerprint density at radius 2 is 1.94 bits per heavy atom. The molecule has 1 aromatic rings. The van der Waals surface area contributed by atoms with Crippen molar-refractivity contribution in [2.75, 3.05) is 5.73 Å². The van der Waals surface area contributed by atoms with E-state index in [0.29, 0.717) is 11.3 Å². The summed E-state index contributed by atoms with van der Waals surface area (Å²) in [4.78, 5) is 12.0. The predicted octanol–water partition coefficient (Wildman–Crippen LogP) is 3.31. The van der Waals surface area contributed by atoms with E-state index in [1.807, 2.05) is 6.92 Å². The lowest BCUT2D eigenvalue weighted by Gasteiger charge is -2.26. The molecule has 1 aliphatic rings. The minimum absolute atomic E-state index is 0.0894. The Bertz CT molecular complexity index is 434. The summed E-state index contributed by atoms with van der Waals surface area (Å²) in [6.45, 7) is 4.15. The number of hydrogen-bond donors (Lipinski definition) is 1. The minimum Gasteiger partial charge on any atom is -0.459 e. The molecule has 0 spiro atoms. The standard InChI is InChI=1S/C15H21NO2/c1-10-3-6-13(7-4-10)18-15(17)12-5-8-14(16)11(2)9-12/h5,8-10,13H,3-4,6-7,16H2,1-2H3. The Morgan fingerprint density at radius 1 is 1.28 bits per heavy atom. The van der Waals surface area contributed by atoms with E-state index in [9.17, 15) is 4.79 Å². The smallest absolute Gasteiger partial charge is 0.338 e. The summed E-state index contributed by atoms with van der Waals surface area (Å²) in [5, 5.41) is 0. The number of benzene rings is 1. The van der Waals surface area contributed by atoms with E-state index in [-0.39, 0.29) is 12.1 Å². The largest absolute Gasteiger partial charge is 0.459 e. The molecule has 2 N–H and O–H groups in total. The normalized spacial score (nSPS) is 23.7. The first-order chi connectivity index (χ1) is 8.56. The molecule has 0 unspecified atom stereocenters. The maximum atomic E-state index is 12.0. The third kappa shape index (κ3) is 3.03. The fourth-order valence-electron chi connectivity index (χ4n) is 2.37. The second-order valence-corrected chi connectivity index (χ2v) is 5.36. The zero-order chi connectivity index (χ0) is 13.1. The quantitative estimate of drug-likeness (QED) is 0.644. The van der Waals surface area contributed by atoms with E-state index < -0.39 is 0 Å². The number of hydrogen-bond acceptors (Lipinski definition) is 3. The molecule has 0 amide bonds. The average Bonchev–Trinajstić information content (AvgIpc) is 2.35. The van der Waals surface area contributed by atoms with E-state index in [1.165, 1.54) is 0 Å². The lowest BCUT2D eigenvalue weighted by Crippen LogP contribution is -2.23. The molecule has 0 saturated heterocycles. The van der Waals surface area contributed by atoms with Gasteiger partial charge in [-0.2, -0.15) is 0 Å². The Morgan fingerprint density at radius 3 is 2.56 bits per heavy atom. The number of rotatable bonds is 2. The zero-order valence-electron chi connectivity index (χ0n) is 11.1. The Hall–Kier alpha value is -1.51. The van der Waals surface area contributed by atoms with Crippen molar-refractivity contribution >= 4 is 11.7 Å². The number of nitrogen functional groups attached to an aromatic ring is 1. The van der Waals surface area contributed by atoms with E-state index in [1.54, 1.807) is 18.2 Å². The van der Waals surface area contributed by atoms with Crippen LogP contribution < -0.4 is 5.73 Å². The number of anilines is 1. The van der Waals surface area contributed by atoms with E-state index in [4.69, 9.17) is 10.5 Å². The summed E-state index contributed by atoms with van der Waals surface area (Å²) in [6, 6.07) is 5.29. The molecular weight excluding hydrogens is 226 g/mol. The predicted molar refractivity (Wildman–Crippen MR) is 72.4 cm³/mol. The van der Waals surface area contributed by atoms with Crippen LogP contribution in [-0.4, -0.2) is 12.1 Å². The first-order valence-electron chi connectivity index (χ1n) is 6.63. The molecule has 0 bridgehead atoms. The lowest BCUT2D eigenvalue weighted by molar-refractivity contribution is 0.0174. The number of ether oxygens (including phenoxy) is 1. The van der Waals surface area contributed by atoms with E-state index in [2.05, 4.69) is 6.92 Å². The van der Waals surface area contributed by atoms with Crippen molar-refractivity contribution in [2.45, 2.75) is 45.6 Å². The fraction of sp³-hybridized carbons (Fsp3) is 0.533. The first kappa shape index (κ1) is 12.9. The second kappa shape index (κ2) is 5.42. The molecule has 0 heterocycles. The number of carbonyl (C=O) groups excluding carboxylic acids is 1. The number of nitrogens with two attached hydrogens (primary N) is 1. The second-order valence-electron chi connectivity index (χ2n) is 5.36. The molecule has 3 nitrogen and oxygen atoms in total. The van der Waals surface area contributed by atoms with Crippen LogP contribution in [0.2, 0.25) is 0 Å². The monoisotopic (exact) mass is 247 g/mol. The maximum absolute atomic E-state index is 12.0. The maximum Gasteiger partial charge on any atom is 0.338 e. The fourth-order valence-corrected chi connectivity index (χ4v) is 2.37. The van der Waals surface area contributed by atoms with Crippen LogP contribution in [0, 0.1) is 12.8 Å². The van der Waals surface area contributed by atoms with Gasteiger partial charge in [0, 0.05) is 5.69 Å². The van der Waals surface area contributed by atoms with Gasteiger partial charge < -0.3 is 10.5 Å². The highest BCUT2D eigenvalue weighted by Crippen LogP contribution is 2.26. The van der Waals surface area contributed by atoms with Gasteiger partial charge in [-0.15, -0.1) is 0 Å². The van der Waals surface area contributed by atoms with Gasteiger partial charge in [0.2, 0.25) is 0 Å². The molecule has 1 aromatic carbocycles. The topological polar surface area (TPSA) is 52.3 Å². The molecular formula is C15H21NO2. The Balaban J connectivity index is 1.97. The van der Waals surface area contributed by atoms with Crippen LogP contribution in [0.4, 0.5) is 5.69 Å². The van der Waals surface area contributed by atoms with E-state index >= 15 is 0 Å². The molecule has 18 heavy (non-hydrogen) atoms. The highest BCUT2D eigenvalue weighted by molar-refractivity contribution is 5.90. The summed E-state index contributed by atoms with van der Waals surface area (Å²) < 4.78 is 5.54. The van der Waals surface area contributed by atoms with Gasteiger partial charge in [-0.05, 0) is 62.3 Å². The van der Waals surface area contributed by atoms with Crippen molar-refractivity contribution in [3.63, 3.8) is 0 Å². The average molecular weight is 247 g/mol. The first-order valence-corrected chi connectivity index (χ1v) is 6.63. The molecule has 0 atom stereocenters. The highest BCUT2D eigenvalue weighted by atomic mass is 16.5. The van der Waals surface area contributed by atoms with Crippen LogP contribution in [0.25, 0.3) is 0 Å². The van der Waals surface area contributed by atoms with Crippen molar-refractivity contribution in [1.82, 2.24) is 0 Å². The van der Waals surface area contributed by atoms with Crippen LogP contribution >= 0.6 is 0 Å². The number of esters is 1. The van der Waals surface area contributed by atoms with Crippen LogP contribution in [0.3, 0.4) is 0 Å². The van der Waals surface area contributed by atoms with Gasteiger partial charge in [0.1, 0.15) is 6.10 Å². The Labute approximate surface area is 108 Å². The van der Waals surface area contributed by atoms with Gasteiger partial charge >= 0.3 is 5.97 Å². The van der Waals surface area contributed by atoms with Crippen molar-refractivity contribution in [1.29, 1.82) is 0 Å². The van der Waals surface area contributed by atoms with E-state index in [0.717, 1.165) is 37.2 Å². The molecule has 0 aliphatic heterocycles. The summed E-state index contributed by atoms with van der Waals surface area (Å²) in [6.07, 6.45) is 4.37. The minimum atomic E-state index is -0.224. The SMILES string of the molecule is Cc1cc(C(=O)OC2CCC(C)CC2)ccc1N. The highest BCUT2D eigenvalue weighted by Gasteiger charge is 2.22. The van der Waals surface area contributed by atoms with Gasteiger partial charge in [0.25, 0.3) is 0 Å². The molecule has 98 valence electrons. The van der Waals surface area contributed by atoms with Gasteiger partial charge in [-0.25, -0.2) is 4.79 Å². The van der Waals surface area contributed by atoms with Gasteiger partial charge in [0.05, 0.1) is 5.56 Å². The number of carbonyl (C=O) groups is 1. The zero-order valence-corrected chi connectivity index (χ0v) is 11.1. The van der Waals surface area contributed by atoms with Crippen LogP contribution in [0.15, 0.2) is 18.2 Å². The third-order valence-electron chi connectivity index (χ3n) is 3.74.